The largest absolute Gasteiger partial charge is 0.451 e. The van der Waals surface area contributed by atoms with E-state index in [-0.39, 0.29) is 66.5 Å². The van der Waals surface area contributed by atoms with Crippen molar-refractivity contribution in [1.29, 1.82) is 0 Å². The molecule has 0 fully saturated rings. The van der Waals surface area contributed by atoms with Gasteiger partial charge in [0.1, 0.15) is 36.7 Å². The maximum Gasteiger partial charge on any atom is 0.296 e. The SMILES string of the molecule is O=S(=O)(O)c1cc2c(cc1Nc1ccc(Cl)cc1)Oc1c(c(Cl)c3oc4cc(=Nc5ccc(Cl)cc5)c(S(=O)(=O)O)cc-4nc3c1Cl)N2. The van der Waals surface area contributed by atoms with Crippen molar-refractivity contribution in [3.8, 4) is 23.0 Å². The van der Waals surface area contributed by atoms with Crippen molar-refractivity contribution in [3.05, 3.63) is 98.2 Å². The fourth-order valence-electron chi connectivity index (χ4n) is 4.91. The summed E-state index contributed by atoms with van der Waals surface area (Å²) in [6, 6.07) is 17.4. The van der Waals surface area contributed by atoms with Gasteiger partial charge < -0.3 is 19.8 Å². The molecule has 244 valence electrons. The topological polar surface area (TPSA) is 180 Å². The average Bonchev–Trinajstić information content (AvgIpc) is 3.03. The van der Waals surface area contributed by atoms with E-state index in [0.29, 0.717) is 21.4 Å². The number of nitrogens with one attached hydrogen (secondary N) is 2. The molecular weight excluding hydrogens is 750 g/mol. The van der Waals surface area contributed by atoms with Crippen molar-refractivity contribution in [2.24, 2.45) is 4.99 Å². The second-order valence-electron chi connectivity index (χ2n) is 10.3. The van der Waals surface area contributed by atoms with Crippen molar-refractivity contribution < 1.29 is 35.1 Å². The molecule has 3 aliphatic rings. The third-order valence-electron chi connectivity index (χ3n) is 7.06. The molecule has 0 atom stereocenters. The Labute approximate surface area is 291 Å². The summed E-state index contributed by atoms with van der Waals surface area (Å²) in [4.78, 5) is 7.78. The molecule has 0 saturated carbocycles. The number of rotatable bonds is 5. The Balaban J connectivity index is 1.39. The maximum absolute atomic E-state index is 12.4. The number of nitrogens with zero attached hydrogens (tertiary/aromatic N) is 2. The van der Waals surface area contributed by atoms with Gasteiger partial charge in [-0.3, -0.25) is 9.11 Å². The summed E-state index contributed by atoms with van der Waals surface area (Å²) in [7, 11) is -9.52. The molecular formula is C30H16Cl4N4O8S2. The molecule has 12 nitrogen and oxygen atoms in total. The summed E-state index contributed by atoms with van der Waals surface area (Å²) < 4.78 is 81.7. The quantitative estimate of drug-likeness (QED) is 0.0971. The van der Waals surface area contributed by atoms with Crippen molar-refractivity contribution in [2.75, 3.05) is 10.6 Å². The second-order valence-corrected chi connectivity index (χ2v) is 14.7. The van der Waals surface area contributed by atoms with Gasteiger partial charge in [-0.15, -0.1) is 0 Å². The van der Waals surface area contributed by atoms with Crippen LogP contribution >= 0.6 is 46.4 Å². The van der Waals surface area contributed by atoms with Gasteiger partial charge in [0.25, 0.3) is 20.2 Å². The first kappa shape index (κ1) is 32.4. The van der Waals surface area contributed by atoms with Gasteiger partial charge in [-0.05, 0) is 60.7 Å². The molecule has 0 amide bonds. The zero-order valence-electron chi connectivity index (χ0n) is 23.5. The Kier molecular flexibility index (Phi) is 7.96. The van der Waals surface area contributed by atoms with Crippen molar-refractivity contribution in [2.45, 2.75) is 9.79 Å². The molecule has 18 heteroatoms. The minimum absolute atomic E-state index is 0.00914. The second kappa shape index (κ2) is 11.8. The number of ether oxygens (including phenoxy) is 1. The normalized spacial score (nSPS) is 13.2. The van der Waals surface area contributed by atoms with Gasteiger partial charge in [0.15, 0.2) is 22.8 Å². The lowest BCUT2D eigenvalue weighted by atomic mass is 10.1. The molecule has 0 aromatic heterocycles. The summed E-state index contributed by atoms with van der Waals surface area (Å²) in [5.74, 6) is 0.123. The summed E-state index contributed by atoms with van der Waals surface area (Å²) >= 11 is 25.4. The Morgan fingerprint density at radius 2 is 1.44 bits per heavy atom. The number of hydrogen-bond donors (Lipinski definition) is 4. The van der Waals surface area contributed by atoms with Gasteiger partial charge in [0, 0.05) is 27.9 Å². The highest BCUT2D eigenvalue weighted by atomic mass is 35.5. The van der Waals surface area contributed by atoms with Gasteiger partial charge in [-0.25, -0.2) is 9.98 Å². The number of benzene rings is 5. The first-order chi connectivity index (χ1) is 22.7. The lowest BCUT2D eigenvalue weighted by Gasteiger charge is -2.26. The van der Waals surface area contributed by atoms with Crippen molar-refractivity contribution in [3.63, 3.8) is 0 Å². The van der Waals surface area contributed by atoms with E-state index in [1.807, 2.05) is 0 Å². The number of hydrogen-bond acceptors (Lipinski definition) is 10. The van der Waals surface area contributed by atoms with E-state index in [4.69, 9.17) is 55.6 Å². The molecule has 0 saturated heterocycles. The molecule has 7 rings (SSSR count). The molecule has 0 bridgehead atoms. The third kappa shape index (κ3) is 6.01. The summed E-state index contributed by atoms with van der Waals surface area (Å²) in [6.07, 6.45) is 0. The van der Waals surface area contributed by atoms with Crippen molar-refractivity contribution in [1.82, 2.24) is 4.98 Å². The number of anilines is 4. The first-order valence-electron chi connectivity index (χ1n) is 13.4. The highest BCUT2D eigenvalue weighted by Crippen LogP contribution is 2.54. The monoisotopic (exact) mass is 764 g/mol. The van der Waals surface area contributed by atoms with Gasteiger partial charge in [0.2, 0.25) is 0 Å². The van der Waals surface area contributed by atoms with Crippen molar-refractivity contribution >= 4 is 106 Å². The van der Waals surface area contributed by atoms with E-state index in [9.17, 15) is 25.9 Å². The predicted octanol–water partition coefficient (Wildman–Crippen LogP) is 8.86. The fourth-order valence-corrected chi connectivity index (χ4v) is 6.97. The highest BCUT2D eigenvalue weighted by Gasteiger charge is 2.31. The Hall–Kier alpha value is -4.12. The summed E-state index contributed by atoms with van der Waals surface area (Å²) in [5.41, 5.74) is 0.908. The van der Waals surface area contributed by atoms with E-state index >= 15 is 0 Å². The van der Waals surface area contributed by atoms with E-state index < -0.39 is 30.0 Å². The van der Waals surface area contributed by atoms with Crippen LogP contribution in [0.2, 0.25) is 20.1 Å². The van der Waals surface area contributed by atoms with Crippen LogP contribution in [0.3, 0.4) is 0 Å². The lowest BCUT2D eigenvalue weighted by Crippen LogP contribution is -2.16. The Morgan fingerprint density at radius 3 is 2.08 bits per heavy atom. The summed E-state index contributed by atoms with van der Waals surface area (Å²) in [5, 5.41) is 6.48. The fraction of sp³-hybridized carbons (Fsp3) is 0. The predicted molar refractivity (Wildman–Crippen MR) is 181 cm³/mol. The Morgan fingerprint density at radius 1 is 0.792 bits per heavy atom. The molecule has 4 aromatic rings. The minimum atomic E-state index is -4.78. The van der Waals surface area contributed by atoms with E-state index in [0.717, 1.165) is 12.1 Å². The van der Waals surface area contributed by atoms with Crippen LogP contribution in [0, 0.1) is 0 Å². The lowest BCUT2D eigenvalue weighted by molar-refractivity contribution is 0.476. The molecule has 48 heavy (non-hydrogen) atoms. The van der Waals surface area contributed by atoms with Crippen LogP contribution < -0.4 is 20.7 Å². The molecule has 2 heterocycles. The van der Waals surface area contributed by atoms with E-state index in [2.05, 4.69) is 20.6 Å². The van der Waals surface area contributed by atoms with Gasteiger partial charge in [-0.1, -0.05) is 46.4 Å². The zero-order chi connectivity index (χ0) is 34.1. The van der Waals surface area contributed by atoms with E-state index in [1.165, 1.54) is 12.1 Å². The number of halogens is 4. The molecule has 4 N–H and O–H groups in total. The van der Waals surface area contributed by atoms with Gasteiger partial charge in [0.05, 0.1) is 22.4 Å². The molecule has 2 aliphatic heterocycles. The van der Waals surface area contributed by atoms with Crippen LogP contribution in [-0.4, -0.2) is 30.9 Å². The maximum atomic E-state index is 12.4. The minimum Gasteiger partial charge on any atom is -0.451 e. The number of aromatic nitrogens is 1. The Bertz CT molecular complexity index is 2580. The van der Waals surface area contributed by atoms with Crippen LogP contribution in [0.5, 0.6) is 11.5 Å². The molecule has 0 radical (unpaired) electrons. The molecule has 0 spiro atoms. The highest BCUT2D eigenvalue weighted by molar-refractivity contribution is 7.86. The zero-order valence-corrected chi connectivity index (χ0v) is 28.2. The smallest absolute Gasteiger partial charge is 0.296 e. The first-order valence-corrected chi connectivity index (χ1v) is 17.8. The summed E-state index contributed by atoms with van der Waals surface area (Å²) in [6.45, 7) is 0. The number of fused-ring (bicyclic) bond motifs is 4. The third-order valence-corrected chi connectivity index (χ3v) is 10.1. The van der Waals surface area contributed by atoms with Crippen LogP contribution in [0.15, 0.2) is 92.0 Å². The van der Waals surface area contributed by atoms with Crippen LogP contribution in [0.25, 0.3) is 22.6 Å². The van der Waals surface area contributed by atoms with Gasteiger partial charge >= 0.3 is 0 Å². The average molecular weight is 766 g/mol. The van der Waals surface area contributed by atoms with Crippen LogP contribution in [0.1, 0.15) is 0 Å². The molecule has 0 unspecified atom stereocenters. The van der Waals surface area contributed by atoms with Gasteiger partial charge in [-0.2, -0.15) is 16.8 Å². The van der Waals surface area contributed by atoms with Crippen LogP contribution in [-0.2, 0) is 20.2 Å². The van der Waals surface area contributed by atoms with Crippen LogP contribution in [0.4, 0.5) is 28.4 Å². The standard InChI is InChI=1S/C30H16Cl4N4O8S2/c31-13-1-5-15(6-2-13)35-19-9-21-17(11-23(19)47(39,40)41)37-27-26(34)30-28(25(33)29(27)45-21)38-18-12-24(48(42,43)44)20(10-22(18)46-30)36-16-7-3-14(32)4-8-16/h1-12,35,37H,(H,39,40,41)(H,42,43,44). The molecule has 1 aliphatic carbocycles. The molecule has 4 aromatic carbocycles. The van der Waals surface area contributed by atoms with E-state index in [1.54, 1.807) is 48.5 Å².